The van der Waals surface area contributed by atoms with E-state index in [9.17, 15) is 4.79 Å². The van der Waals surface area contributed by atoms with Gasteiger partial charge in [0.25, 0.3) is 5.91 Å². The van der Waals surface area contributed by atoms with E-state index in [-0.39, 0.29) is 11.9 Å². The van der Waals surface area contributed by atoms with Gasteiger partial charge in [0.05, 0.1) is 18.3 Å². The zero-order valence-corrected chi connectivity index (χ0v) is 15.4. The van der Waals surface area contributed by atoms with Crippen molar-refractivity contribution in [1.82, 2.24) is 5.32 Å². The van der Waals surface area contributed by atoms with Gasteiger partial charge in [-0.2, -0.15) is 0 Å². The van der Waals surface area contributed by atoms with E-state index < -0.39 is 0 Å². The monoisotopic (exact) mass is 360 g/mol. The Morgan fingerprint density at radius 3 is 2.07 bits per heavy atom. The Labute approximate surface area is 160 Å². The lowest BCUT2D eigenvalue weighted by molar-refractivity contribution is 0.0943. The zero-order chi connectivity index (χ0) is 19.1. The van der Waals surface area contributed by atoms with Crippen LogP contribution in [-0.4, -0.2) is 12.5 Å². The Kier molecular flexibility index (Phi) is 6.10. The molecule has 0 unspecified atom stereocenters. The summed E-state index contributed by atoms with van der Waals surface area (Å²) in [5.41, 5.74) is 9.06. The molecule has 0 bridgehead atoms. The molecular formula is C23H24N2O2. The summed E-state index contributed by atoms with van der Waals surface area (Å²) in [7, 11) is 0. The number of benzene rings is 3. The molecule has 0 aliphatic carbocycles. The molecule has 3 aromatic rings. The summed E-state index contributed by atoms with van der Waals surface area (Å²) < 4.78 is 5.58. The Morgan fingerprint density at radius 2 is 1.56 bits per heavy atom. The van der Waals surface area contributed by atoms with Gasteiger partial charge in [-0.25, -0.2) is 0 Å². The first-order chi connectivity index (χ1) is 13.2. The smallest absolute Gasteiger partial charge is 0.252 e. The second-order valence-corrected chi connectivity index (χ2v) is 6.33. The summed E-state index contributed by atoms with van der Waals surface area (Å²) in [6.45, 7) is 2.63. The van der Waals surface area contributed by atoms with Gasteiger partial charge in [-0.1, -0.05) is 67.6 Å². The van der Waals surface area contributed by atoms with Gasteiger partial charge in [0.15, 0.2) is 0 Å². The molecule has 3 rings (SSSR count). The van der Waals surface area contributed by atoms with Crippen molar-refractivity contribution in [2.45, 2.75) is 19.4 Å². The first-order valence-electron chi connectivity index (χ1n) is 9.12. The van der Waals surface area contributed by atoms with Crippen LogP contribution in [0.1, 0.15) is 40.9 Å². The molecule has 1 amide bonds. The molecule has 4 nitrogen and oxygen atoms in total. The van der Waals surface area contributed by atoms with Crippen molar-refractivity contribution in [2.75, 3.05) is 12.3 Å². The summed E-state index contributed by atoms with van der Waals surface area (Å²) >= 11 is 0. The first-order valence-corrected chi connectivity index (χ1v) is 9.12. The van der Waals surface area contributed by atoms with Crippen molar-refractivity contribution < 1.29 is 9.53 Å². The highest BCUT2D eigenvalue weighted by Crippen LogP contribution is 2.25. The van der Waals surface area contributed by atoms with Crippen molar-refractivity contribution >= 4 is 11.6 Å². The van der Waals surface area contributed by atoms with Gasteiger partial charge < -0.3 is 15.8 Å². The predicted octanol–water partition coefficient (Wildman–Crippen LogP) is 4.58. The Balaban J connectivity index is 1.84. The molecule has 3 N–H and O–H groups in total. The summed E-state index contributed by atoms with van der Waals surface area (Å²) in [6.07, 6.45) is 0.900. The number of carbonyl (C=O) groups excluding carboxylic acids is 1. The molecule has 0 aromatic heterocycles. The molecule has 0 fully saturated rings. The quantitative estimate of drug-likeness (QED) is 0.606. The Morgan fingerprint density at radius 1 is 0.963 bits per heavy atom. The number of nitrogens with two attached hydrogens (primary N) is 1. The van der Waals surface area contributed by atoms with Gasteiger partial charge in [-0.3, -0.25) is 4.79 Å². The molecule has 0 radical (unpaired) electrons. The van der Waals surface area contributed by atoms with Crippen molar-refractivity contribution in [2.24, 2.45) is 0 Å². The number of rotatable bonds is 7. The normalized spacial score (nSPS) is 10.6. The predicted molar refractivity (Wildman–Crippen MR) is 109 cm³/mol. The third-order valence-corrected chi connectivity index (χ3v) is 4.27. The van der Waals surface area contributed by atoms with E-state index in [4.69, 9.17) is 10.5 Å². The van der Waals surface area contributed by atoms with Gasteiger partial charge in [-0.05, 0) is 35.7 Å². The molecule has 0 atom stereocenters. The molecule has 0 spiro atoms. The lowest BCUT2D eigenvalue weighted by atomic mass is 9.98. The van der Waals surface area contributed by atoms with Crippen LogP contribution in [-0.2, 0) is 0 Å². The highest BCUT2D eigenvalue weighted by molar-refractivity contribution is 5.96. The van der Waals surface area contributed by atoms with Crippen LogP contribution in [0.4, 0.5) is 5.69 Å². The number of carbonyl (C=O) groups is 1. The number of hydrogen-bond donors (Lipinski definition) is 2. The highest BCUT2D eigenvalue weighted by Gasteiger charge is 2.18. The first kappa shape index (κ1) is 18.5. The van der Waals surface area contributed by atoms with E-state index in [1.165, 1.54) is 0 Å². The summed E-state index contributed by atoms with van der Waals surface area (Å²) in [5.74, 6) is 0.428. The number of hydrogen-bond acceptors (Lipinski definition) is 3. The second-order valence-electron chi connectivity index (χ2n) is 6.33. The minimum absolute atomic E-state index is 0.179. The van der Waals surface area contributed by atoms with E-state index in [1.807, 2.05) is 67.6 Å². The topological polar surface area (TPSA) is 64.3 Å². The van der Waals surface area contributed by atoms with Gasteiger partial charge in [-0.15, -0.1) is 0 Å². The van der Waals surface area contributed by atoms with Crippen molar-refractivity contribution in [3.05, 3.63) is 95.6 Å². The molecule has 0 saturated heterocycles. The zero-order valence-electron chi connectivity index (χ0n) is 15.4. The SMILES string of the molecule is CCCOc1ccc(C(=O)NC(c2ccccc2)c2ccccc2)cc1N. The van der Waals surface area contributed by atoms with Crippen LogP contribution in [0.2, 0.25) is 0 Å². The maximum absolute atomic E-state index is 12.9. The van der Waals surface area contributed by atoms with Crippen LogP contribution in [0, 0.1) is 0 Å². The van der Waals surface area contributed by atoms with E-state index in [2.05, 4.69) is 5.32 Å². The van der Waals surface area contributed by atoms with Crippen molar-refractivity contribution in [1.29, 1.82) is 0 Å². The number of nitrogens with one attached hydrogen (secondary N) is 1. The van der Waals surface area contributed by atoms with Crippen LogP contribution >= 0.6 is 0 Å². The van der Waals surface area contributed by atoms with Crippen LogP contribution in [0.25, 0.3) is 0 Å². The largest absolute Gasteiger partial charge is 0.491 e. The summed E-state index contributed by atoms with van der Waals surface area (Å²) in [5, 5.41) is 3.12. The van der Waals surface area contributed by atoms with Crippen LogP contribution in [0.15, 0.2) is 78.9 Å². The second kappa shape index (κ2) is 8.90. The minimum atomic E-state index is -0.239. The van der Waals surface area contributed by atoms with Gasteiger partial charge in [0.1, 0.15) is 5.75 Å². The van der Waals surface area contributed by atoms with E-state index in [1.54, 1.807) is 18.2 Å². The van der Waals surface area contributed by atoms with Crippen LogP contribution in [0.3, 0.4) is 0 Å². The molecule has 0 aliphatic rings. The summed E-state index contributed by atoms with van der Waals surface area (Å²) in [6, 6.07) is 24.7. The van der Waals surface area contributed by atoms with Gasteiger partial charge in [0.2, 0.25) is 0 Å². The maximum Gasteiger partial charge on any atom is 0.252 e. The van der Waals surface area contributed by atoms with E-state index >= 15 is 0 Å². The average molecular weight is 360 g/mol. The van der Waals surface area contributed by atoms with E-state index in [0.717, 1.165) is 17.5 Å². The maximum atomic E-state index is 12.9. The minimum Gasteiger partial charge on any atom is -0.491 e. The average Bonchev–Trinajstić information content (AvgIpc) is 2.72. The van der Waals surface area contributed by atoms with E-state index in [0.29, 0.717) is 23.6 Å². The lowest BCUT2D eigenvalue weighted by Crippen LogP contribution is -2.29. The molecular weight excluding hydrogens is 336 g/mol. The molecule has 138 valence electrons. The Bertz CT molecular complexity index is 840. The molecule has 3 aromatic carbocycles. The van der Waals surface area contributed by atoms with Crippen LogP contribution < -0.4 is 15.8 Å². The molecule has 4 heteroatoms. The standard InChI is InChI=1S/C23H24N2O2/c1-2-15-27-21-14-13-19(16-20(21)24)23(26)25-22(17-9-5-3-6-10-17)18-11-7-4-8-12-18/h3-14,16,22H,2,15,24H2,1H3,(H,25,26). The summed E-state index contributed by atoms with van der Waals surface area (Å²) in [4.78, 5) is 12.9. The van der Waals surface area contributed by atoms with Gasteiger partial charge in [0, 0.05) is 5.56 Å². The third kappa shape index (κ3) is 4.67. The van der Waals surface area contributed by atoms with Crippen molar-refractivity contribution in [3.63, 3.8) is 0 Å². The van der Waals surface area contributed by atoms with Gasteiger partial charge >= 0.3 is 0 Å². The Hall–Kier alpha value is -3.27. The molecule has 27 heavy (non-hydrogen) atoms. The van der Waals surface area contributed by atoms with Crippen LogP contribution in [0.5, 0.6) is 5.75 Å². The fourth-order valence-corrected chi connectivity index (χ4v) is 2.90. The van der Waals surface area contributed by atoms with Crippen molar-refractivity contribution in [3.8, 4) is 5.75 Å². The number of anilines is 1. The number of ether oxygens (including phenoxy) is 1. The lowest BCUT2D eigenvalue weighted by Gasteiger charge is -2.20. The third-order valence-electron chi connectivity index (χ3n) is 4.27. The number of nitrogen functional groups attached to an aromatic ring is 1. The fraction of sp³-hybridized carbons (Fsp3) is 0.174. The number of amides is 1. The fourth-order valence-electron chi connectivity index (χ4n) is 2.90. The highest BCUT2D eigenvalue weighted by atomic mass is 16.5. The molecule has 0 saturated carbocycles. The molecule has 0 aliphatic heterocycles. The molecule has 0 heterocycles.